The lowest BCUT2D eigenvalue weighted by Crippen LogP contribution is -2.17. The van der Waals surface area contributed by atoms with E-state index in [9.17, 15) is 28.4 Å². The van der Waals surface area contributed by atoms with Crippen molar-refractivity contribution in [2.75, 3.05) is 0 Å². The van der Waals surface area contributed by atoms with Crippen LogP contribution in [0.15, 0.2) is 36.4 Å². The van der Waals surface area contributed by atoms with Crippen LogP contribution in [0, 0.1) is 21.4 Å². The van der Waals surface area contributed by atoms with E-state index in [0.717, 1.165) is 18.2 Å². The number of alkyl halides is 3. The van der Waals surface area contributed by atoms with Gasteiger partial charge < -0.3 is 15.6 Å². The van der Waals surface area contributed by atoms with E-state index in [-0.39, 0.29) is 16.7 Å². The zero-order chi connectivity index (χ0) is 18.8. The van der Waals surface area contributed by atoms with Gasteiger partial charge in [-0.3, -0.25) is 10.1 Å². The fraction of sp³-hybridized carbons (Fsp3) is 0.133. The zero-order valence-electron chi connectivity index (χ0n) is 12.3. The van der Waals surface area contributed by atoms with Gasteiger partial charge in [0.25, 0.3) is 0 Å². The van der Waals surface area contributed by atoms with Gasteiger partial charge in [-0.2, -0.15) is 5.26 Å². The molecule has 0 aliphatic carbocycles. The van der Waals surface area contributed by atoms with E-state index in [1.165, 1.54) is 18.2 Å². The summed E-state index contributed by atoms with van der Waals surface area (Å²) in [5.74, 6) is -1.18. The van der Waals surface area contributed by atoms with Crippen LogP contribution < -0.4 is 10.5 Å². The Kier molecular flexibility index (Phi) is 4.80. The van der Waals surface area contributed by atoms with E-state index >= 15 is 0 Å². The number of hydrogen-bond donors (Lipinski definition) is 2. The van der Waals surface area contributed by atoms with Crippen LogP contribution in [0.25, 0.3) is 0 Å². The number of rotatable bonds is 4. The standard InChI is InChI=1S/C15H10F3N3O4/c16-15(17,18)25-10-3-1-9(2-4-10)13(20)11-5-8(7-19)6-12(14(11)22)21(23)24/h1-6,13,22H,20H2/t13-/m0/s1. The van der Waals surface area contributed by atoms with Gasteiger partial charge in [0.1, 0.15) is 5.75 Å². The molecule has 0 radical (unpaired) electrons. The summed E-state index contributed by atoms with van der Waals surface area (Å²) in [7, 11) is 0. The van der Waals surface area contributed by atoms with Gasteiger partial charge in [-0.25, -0.2) is 0 Å². The van der Waals surface area contributed by atoms with Gasteiger partial charge in [0.2, 0.25) is 0 Å². The largest absolute Gasteiger partial charge is 0.573 e. The molecule has 0 amide bonds. The molecule has 3 N–H and O–H groups in total. The molecule has 0 spiro atoms. The Labute approximate surface area is 138 Å². The van der Waals surface area contributed by atoms with Gasteiger partial charge in [0.05, 0.1) is 22.6 Å². The molecule has 0 aliphatic heterocycles. The highest BCUT2D eigenvalue weighted by Crippen LogP contribution is 2.36. The quantitative estimate of drug-likeness (QED) is 0.643. The summed E-state index contributed by atoms with van der Waals surface area (Å²) in [6.45, 7) is 0. The molecule has 0 aliphatic rings. The van der Waals surface area contributed by atoms with Crippen molar-refractivity contribution in [1.29, 1.82) is 5.26 Å². The normalized spacial score (nSPS) is 12.3. The average molecular weight is 353 g/mol. The summed E-state index contributed by atoms with van der Waals surface area (Å²) in [4.78, 5) is 10.1. The van der Waals surface area contributed by atoms with Crippen LogP contribution in [0.1, 0.15) is 22.7 Å². The van der Waals surface area contributed by atoms with Gasteiger partial charge in [0.15, 0.2) is 5.75 Å². The van der Waals surface area contributed by atoms with Crippen molar-refractivity contribution in [3.63, 3.8) is 0 Å². The van der Waals surface area contributed by atoms with E-state index in [1.807, 2.05) is 0 Å². The molecule has 25 heavy (non-hydrogen) atoms. The minimum atomic E-state index is -4.84. The van der Waals surface area contributed by atoms with Crippen molar-refractivity contribution in [3.8, 4) is 17.6 Å². The topological polar surface area (TPSA) is 122 Å². The number of halogens is 3. The Morgan fingerprint density at radius 1 is 1.28 bits per heavy atom. The highest BCUT2D eigenvalue weighted by Gasteiger charge is 2.31. The third-order valence-corrected chi connectivity index (χ3v) is 3.25. The second-order valence-corrected chi connectivity index (χ2v) is 4.90. The number of benzene rings is 2. The maximum absolute atomic E-state index is 12.1. The number of ether oxygens (including phenoxy) is 1. The van der Waals surface area contributed by atoms with E-state index < -0.39 is 34.5 Å². The number of phenols is 1. The Bertz CT molecular complexity index is 845. The molecule has 2 aromatic carbocycles. The smallest absolute Gasteiger partial charge is 0.502 e. The minimum Gasteiger partial charge on any atom is -0.502 e. The third-order valence-electron chi connectivity index (χ3n) is 3.25. The van der Waals surface area contributed by atoms with Crippen molar-refractivity contribution < 1.29 is 27.9 Å². The fourth-order valence-corrected chi connectivity index (χ4v) is 2.14. The number of nitriles is 1. The summed E-state index contributed by atoms with van der Waals surface area (Å²) in [5.41, 5.74) is 5.31. The molecule has 0 unspecified atom stereocenters. The first-order chi connectivity index (χ1) is 11.6. The number of nitrogens with two attached hydrogens (primary N) is 1. The SMILES string of the molecule is N#Cc1cc([C@@H](N)c2ccc(OC(F)(F)F)cc2)c(O)c([N+](=O)[O-])c1. The number of hydrogen-bond acceptors (Lipinski definition) is 6. The van der Waals surface area contributed by atoms with Crippen LogP contribution in [-0.2, 0) is 0 Å². The van der Waals surface area contributed by atoms with Crippen LogP contribution in [0.4, 0.5) is 18.9 Å². The highest BCUT2D eigenvalue weighted by molar-refractivity contribution is 5.58. The molecule has 10 heteroatoms. The van der Waals surface area contributed by atoms with Gasteiger partial charge in [-0.1, -0.05) is 12.1 Å². The molecule has 7 nitrogen and oxygen atoms in total. The number of nitrogens with zero attached hydrogens (tertiary/aromatic N) is 2. The first-order valence-electron chi connectivity index (χ1n) is 6.65. The van der Waals surface area contributed by atoms with Crippen molar-refractivity contribution in [2.24, 2.45) is 5.73 Å². The fourth-order valence-electron chi connectivity index (χ4n) is 2.14. The van der Waals surface area contributed by atoms with E-state index in [2.05, 4.69) is 4.74 Å². The second-order valence-electron chi connectivity index (χ2n) is 4.90. The van der Waals surface area contributed by atoms with Crippen LogP contribution in [0.2, 0.25) is 0 Å². The number of aromatic hydroxyl groups is 1. The van der Waals surface area contributed by atoms with Crippen LogP contribution in [-0.4, -0.2) is 16.4 Å². The van der Waals surface area contributed by atoms with Gasteiger partial charge in [-0.15, -0.1) is 13.2 Å². The molecule has 0 heterocycles. The van der Waals surface area contributed by atoms with Gasteiger partial charge in [0, 0.05) is 11.6 Å². The molecular weight excluding hydrogens is 343 g/mol. The number of nitro groups is 1. The summed E-state index contributed by atoms with van der Waals surface area (Å²) >= 11 is 0. The zero-order valence-corrected chi connectivity index (χ0v) is 12.3. The monoisotopic (exact) mass is 353 g/mol. The summed E-state index contributed by atoms with van der Waals surface area (Å²) < 4.78 is 40.2. The molecular formula is C15H10F3N3O4. The van der Waals surface area contributed by atoms with Crippen molar-refractivity contribution in [1.82, 2.24) is 0 Å². The Morgan fingerprint density at radius 2 is 1.88 bits per heavy atom. The van der Waals surface area contributed by atoms with E-state index in [1.54, 1.807) is 6.07 Å². The van der Waals surface area contributed by atoms with Gasteiger partial charge in [-0.05, 0) is 23.8 Å². The van der Waals surface area contributed by atoms with Gasteiger partial charge >= 0.3 is 12.0 Å². The molecule has 1 atom stereocenters. The Balaban J connectivity index is 2.41. The molecule has 2 aromatic rings. The van der Waals surface area contributed by atoms with Crippen molar-refractivity contribution >= 4 is 5.69 Å². The number of nitro benzene ring substituents is 1. The van der Waals surface area contributed by atoms with Crippen LogP contribution >= 0.6 is 0 Å². The van der Waals surface area contributed by atoms with E-state index in [0.29, 0.717) is 0 Å². The summed E-state index contributed by atoms with van der Waals surface area (Å²) in [6, 6.07) is 7.15. The summed E-state index contributed by atoms with van der Waals surface area (Å²) in [6.07, 6.45) is -4.84. The molecule has 0 bridgehead atoms. The molecule has 0 aromatic heterocycles. The Hall–Kier alpha value is -3.32. The molecule has 0 saturated heterocycles. The Morgan fingerprint density at radius 3 is 2.36 bits per heavy atom. The van der Waals surface area contributed by atoms with Crippen LogP contribution in [0.5, 0.6) is 11.5 Å². The predicted molar refractivity (Wildman–Crippen MR) is 78.6 cm³/mol. The first-order valence-corrected chi connectivity index (χ1v) is 6.65. The summed E-state index contributed by atoms with van der Waals surface area (Å²) in [5, 5.41) is 29.9. The van der Waals surface area contributed by atoms with Crippen LogP contribution in [0.3, 0.4) is 0 Å². The lowest BCUT2D eigenvalue weighted by Gasteiger charge is -2.15. The predicted octanol–water partition coefficient (Wildman–Crippen LogP) is 3.12. The van der Waals surface area contributed by atoms with Crippen molar-refractivity contribution in [2.45, 2.75) is 12.4 Å². The number of phenolic OH excluding ortho intramolecular Hbond substituents is 1. The maximum atomic E-state index is 12.1. The lowest BCUT2D eigenvalue weighted by molar-refractivity contribution is -0.386. The molecule has 0 saturated carbocycles. The molecule has 130 valence electrons. The lowest BCUT2D eigenvalue weighted by atomic mass is 9.96. The minimum absolute atomic E-state index is 0.0908. The van der Waals surface area contributed by atoms with Crippen molar-refractivity contribution in [3.05, 3.63) is 63.2 Å². The van der Waals surface area contributed by atoms with E-state index in [4.69, 9.17) is 11.0 Å². The highest BCUT2D eigenvalue weighted by atomic mass is 19.4. The maximum Gasteiger partial charge on any atom is 0.573 e. The third kappa shape index (κ3) is 4.15. The molecule has 2 rings (SSSR count). The second kappa shape index (κ2) is 6.66. The first kappa shape index (κ1) is 18.0. The average Bonchev–Trinajstić information content (AvgIpc) is 2.53. The molecule has 0 fully saturated rings.